The Balaban J connectivity index is 1.63. The molecule has 0 aliphatic rings. The molecule has 4 aromatic rings. The summed E-state index contributed by atoms with van der Waals surface area (Å²) in [5, 5.41) is 9.96. The number of fused-ring (bicyclic) bond motifs is 1. The van der Waals surface area contributed by atoms with Gasteiger partial charge in [-0.15, -0.1) is 0 Å². The number of primary amides is 1. The molecule has 0 saturated heterocycles. The number of carbonyl (C=O) groups excluding carboxylic acids is 3. The van der Waals surface area contributed by atoms with Crippen molar-refractivity contribution in [3.8, 4) is 5.75 Å². The number of nitrogens with one attached hydrogen (secondary N) is 2. The summed E-state index contributed by atoms with van der Waals surface area (Å²) in [7, 11) is 1.47. The van der Waals surface area contributed by atoms with E-state index in [-0.39, 0.29) is 36.4 Å². The summed E-state index contributed by atoms with van der Waals surface area (Å²) in [6, 6.07) is 9.88. The van der Waals surface area contributed by atoms with Gasteiger partial charge in [-0.05, 0) is 44.2 Å². The molecule has 3 heterocycles. The van der Waals surface area contributed by atoms with Gasteiger partial charge in [0.2, 0.25) is 11.9 Å². The van der Waals surface area contributed by atoms with E-state index in [1.807, 2.05) is 19.9 Å². The van der Waals surface area contributed by atoms with Crippen molar-refractivity contribution in [3.05, 3.63) is 77.4 Å². The molecule has 4 rings (SSSR count). The molecular formula is C26H28N8O4. The number of carbonyl (C=O) groups is 3. The zero-order chi connectivity index (χ0) is 27.2. The van der Waals surface area contributed by atoms with E-state index < -0.39 is 5.91 Å². The maximum Gasteiger partial charge on any atom is 0.276 e. The molecule has 0 aliphatic heterocycles. The van der Waals surface area contributed by atoms with Crippen LogP contribution in [0.1, 0.15) is 44.0 Å². The van der Waals surface area contributed by atoms with Crippen LogP contribution in [0.5, 0.6) is 5.75 Å². The lowest BCUT2D eigenvalue weighted by atomic mass is 10.1. The number of rotatable bonds is 10. The van der Waals surface area contributed by atoms with E-state index in [9.17, 15) is 14.4 Å². The van der Waals surface area contributed by atoms with E-state index in [0.717, 1.165) is 0 Å². The van der Waals surface area contributed by atoms with Crippen molar-refractivity contribution in [2.24, 2.45) is 5.73 Å². The largest absolute Gasteiger partial charge is 0.494 e. The number of hydrogen-bond donors (Lipinski definition) is 3. The fourth-order valence-corrected chi connectivity index (χ4v) is 3.94. The fourth-order valence-electron chi connectivity index (χ4n) is 3.94. The quantitative estimate of drug-likeness (QED) is 0.273. The first-order valence-corrected chi connectivity index (χ1v) is 11.9. The van der Waals surface area contributed by atoms with Gasteiger partial charge in [0.05, 0.1) is 18.3 Å². The molecule has 0 fully saturated rings. The Kier molecular flexibility index (Phi) is 7.80. The second-order valence-corrected chi connectivity index (χ2v) is 8.29. The Morgan fingerprint density at radius 1 is 1.13 bits per heavy atom. The van der Waals surface area contributed by atoms with Gasteiger partial charge in [0.1, 0.15) is 22.7 Å². The molecule has 38 heavy (non-hydrogen) atoms. The number of ether oxygens (including phenoxy) is 1. The molecule has 0 unspecified atom stereocenters. The molecule has 12 heteroatoms. The number of pyridine rings is 1. The number of aromatic nitrogens is 5. The molecule has 3 aromatic heterocycles. The minimum absolute atomic E-state index is 0.226. The van der Waals surface area contributed by atoms with E-state index in [4.69, 9.17) is 10.5 Å². The van der Waals surface area contributed by atoms with Crippen molar-refractivity contribution in [1.82, 2.24) is 29.6 Å². The number of allylic oxidation sites excluding steroid dienone is 1. The molecule has 4 N–H and O–H groups in total. The second-order valence-electron chi connectivity index (χ2n) is 8.29. The number of hydrogen-bond acceptors (Lipinski definition) is 7. The van der Waals surface area contributed by atoms with Crippen LogP contribution in [0.3, 0.4) is 0 Å². The van der Waals surface area contributed by atoms with Gasteiger partial charge < -0.3 is 20.4 Å². The van der Waals surface area contributed by atoms with Crippen molar-refractivity contribution in [2.45, 2.75) is 26.9 Å². The van der Waals surface area contributed by atoms with Gasteiger partial charge in [0.15, 0.2) is 0 Å². The highest BCUT2D eigenvalue weighted by atomic mass is 16.5. The van der Waals surface area contributed by atoms with E-state index in [1.54, 1.807) is 51.9 Å². The van der Waals surface area contributed by atoms with Crippen LogP contribution < -0.4 is 21.1 Å². The van der Waals surface area contributed by atoms with Crippen LogP contribution in [0.4, 0.5) is 5.95 Å². The summed E-state index contributed by atoms with van der Waals surface area (Å²) in [6.45, 7) is 4.78. The number of amides is 3. The normalized spacial score (nSPS) is 11.1. The van der Waals surface area contributed by atoms with Crippen LogP contribution in [0.25, 0.3) is 11.0 Å². The minimum Gasteiger partial charge on any atom is -0.494 e. The first-order chi connectivity index (χ1) is 18.3. The van der Waals surface area contributed by atoms with Crippen molar-refractivity contribution in [1.29, 1.82) is 0 Å². The highest BCUT2D eigenvalue weighted by Gasteiger charge is 2.21. The van der Waals surface area contributed by atoms with Crippen molar-refractivity contribution < 1.29 is 19.1 Å². The van der Waals surface area contributed by atoms with Gasteiger partial charge in [-0.25, -0.2) is 4.98 Å². The van der Waals surface area contributed by atoms with E-state index in [1.165, 1.54) is 13.2 Å². The number of nitrogens with zero attached hydrogens (tertiary/aromatic N) is 5. The van der Waals surface area contributed by atoms with Crippen LogP contribution in [-0.2, 0) is 13.1 Å². The van der Waals surface area contributed by atoms with Crippen molar-refractivity contribution in [2.75, 3.05) is 19.0 Å². The van der Waals surface area contributed by atoms with Gasteiger partial charge in [-0.1, -0.05) is 18.2 Å². The maximum absolute atomic E-state index is 13.1. The molecule has 1 aromatic carbocycles. The van der Waals surface area contributed by atoms with E-state index in [0.29, 0.717) is 40.4 Å². The average Bonchev–Trinajstić information content (AvgIpc) is 3.47. The zero-order valence-electron chi connectivity index (χ0n) is 21.3. The molecule has 0 radical (unpaired) electrons. The number of benzene rings is 1. The van der Waals surface area contributed by atoms with Gasteiger partial charge >= 0.3 is 0 Å². The van der Waals surface area contributed by atoms with Gasteiger partial charge in [-0.2, -0.15) is 5.10 Å². The molecule has 3 amide bonds. The van der Waals surface area contributed by atoms with Gasteiger partial charge in [0, 0.05) is 31.4 Å². The van der Waals surface area contributed by atoms with E-state index >= 15 is 0 Å². The van der Waals surface area contributed by atoms with Crippen LogP contribution >= 0.6 is 0 Å². The molecule has 0 bridgehead atoms. The topological polar surface area (TPSA) is 159 Å². The Labute approximate surface area is 218 Å². The third-order valence-electron chi connectivity index (χ3n) is 5.70. The number of aryl methyl sites for hydroxylation is 2. The molecular weight excluding hydrogens is 488 g/mol. The van der Waals surface area contributed by atoms with Gasteiger partial charge in [-0.3, -0.25) is 29.4 Å². The predicted molar refractivity (Wildman–Crippen MR) is 141 cm³/mol. The third kappa shape index (κ3) is 5.53. The number of nitrogens with two attached hydrogens (primary N) is 1. The Morgan fingerprint density at radius 3 is 2.63 bits per heavy atom. The summed E-state index contributed by atoms with van der Waals surface area (Å²) < 4.78 is 8.87. The third-order valence-corrected chi connectivity index (χ3v) is 5.70. The zero-order valence-corrected chi connectivity index (χ0v) is 21.3. The molecule has 12 nitrogen and oxygen atoms in total. The molecule has 0 aliphatic carbocycles. The first-order valence-electron chi connectivity index (χ1n) is 11.9. The number of methoxy groups -OCH3 is 1. The Hall–Kier alpha value is -5.00. The number of anilines is 1. The van der Waals surface area contributed by atoms with E-state index in [2.05, 4.69) is 25.7 Å². The first kappa shape index (κ1) is 26.1. The van der Waals surface area contributed by atoms with Gasteiger partial charge in [0.25, 0.3) is 11.8 Å². The minimum atomic E-state index is -0.629. The van der Waals surface area contributed by atoms with Crippen LogP contribution in [0.2, 0.25) is 0 Å². The maximum atomic E-state index is 13.1. The summed E-state index contributed by atoms with van der Waals surface area (Å²) in [6.07, 6.45) is 5.14. The molecule has 0 atom stereocenters. The van der Waals surface area contributed by atoms with Crippen molar-refractivity contribution in [3.63, 3.8) is 0 Å². The molecule has 0 spiro atoms. The lowest BCUT2D eigenvalue weighted by Crippen LogP contribution is -2.24. The monoisotopic (exact) mass is 516 g/mol. The standard InChI is InChI=1S/C26H28N8O4/c1-4-34-20(13-16(2)32-34)25(37)31-26-30-19-14-17(23(27)35)15-21(38-3)22(19)33(26)12-8-7-11-29-24(36)18-9-5-6-10-28-18/h5-10,13-15H,4,11-12H2,1-3H3,(H2,27,35)(H,29,36)(H,30,31,37). The average molecular weight is 517 g/mol. The summed E-state index contributed by atoms with van der Waals surface area (Å²) in [5.41, 5.74) is 8.13. The lowest BCUT2D eigenvalue weighted by Gasteiger charge is -2.11. The molecule has 0 saturated carbocycles. The van der Waals surface area contributed by atoms with Crippen LogP contribution in [-0.4, -0.2) is 55.7 Å². The Bertz CT molecular complexity index is 1520. The fraction of sp³-hybridized carbons (Fsp3) is 0.231. The second kappa shape index (κ2) is 11.4. The summed E-state index contributed by atoms with van der Waals surface area (Å²) >= 11 is 0. The van der Waals surface area contributed by atoms with Crippen LogP contribution in [0.15, 0.2) is 54.7 Å². The lowest BCUT2D eigenvalue weighted by molar-refractivity contribution is 0.0951. The highest BCUT2D eigenvalue weighted by Crippen LogP contribution is 2.31. The highest BCUT2D eigenvalue weighted by molar-refractivity contribution is 6.04. The van der Waals surface area contributed by atoms with Crippen LogP contribution in [0, 0.1) is 6.92 Å². The SMILES string of the molecule is CCn1nc(C)cc1C(=O)Nc1nc2cc(C(N)=O)cc(OC)c2n1CC=CCNC(=O)c1ccccn1. The predicted octanol–water partition coefficient (Wildman–Crippen LogP) is 2.30. The number of imidazole rings is 1. The van der Waals surface area contributed by atoms with Crippen molar-refractivity contribution >= 4 is 34.7 Å². The summed E-state index contributed by atoms with van der Waals surface area (Å²) in [5.74, 6) is -0.690. The Morgan fingerprint density at radius 2 is 1.95 bits per heavy atom. The smallest absolute Gasteiger partial charge is 0.276 e. The molecule has 196 valence electrons. The summed E-state index contributed by atoms with van der Waals surface area (Å²) in [4.78, 5) is 45.8.